The van der Waals surface area contributed by atoms with Crippen LogP contribution in [0.1, 0.15) is 40.4 Å². The fourth-order valence-electron chi connectivity index (χ4n) is 4.32. The van der Waals surface area contributed by atoms with Crippen LogP contribution in [0.25, 0.3) is 10.9 Å². The molecule has 2 heterocycles. The number of nitrogens with zero attached hydrogens (tertiary/aromatic N) is 4. The Morgan fingerprint density at radius 2 is 1.97 bits per heavy atom. The Bertz CT molecular complexity index is 1400. The normalized spacial score (nSPS) is 17.9. The lowest BCUT2D eigenvalue weighted by Crippen LogP contribution is -2.40. The number of halogens is 1. The third kappa shape index (κ3) is 4.85. The molecule has 2 aromatic carbocycles. The number of nitrogens with one attached hydrogen (secondary N) is 2. The Morgan fingerprint density at radius 3 is 2.67 bits per heavy atom. The van der Waals surface area contributed by atoms with Crippen molar-refractivity contribution in [2.75, 3.05) is 19.5 Å². The number of aromatic nitrogens is 4. The molecule has 1 atom stereocenters. The number of carbonyl (C=O) groups excluding carboxylic acids is 1. The van der Waals surface area contributed by atoms with E-state index >= 15 is 0 Å². The maximum atomic E-state index is 14.5. The summed E-state index contributed by atoms with van der Waals surface area (Å²) in [5, 5.41) is 11.4. The topological polar surface area (TPSA) is 103 Å². The summed E-state index contributed by atoms with van der Waals surface area (Å²) in [5.74, 6) is -0.185. The van der Waals surface area contributed by atoms with Crippen LogP contribution in [0.3, 0.4) is 0 Å². The SMILES string of the molecule is COc1ccc(C(NC(=O)c2ccc3cnc(NC4CC(OC)C4)nc3c2)c2cnn(C)c2)cc1F. The molecule has 1 fully saturated rings. The molecule has 1 amide bonds. The number of amides is 1. The predicted molar refractivity (Wildman–Crippen MR) is 132 cm³/mol. The largest absolute Gasteiger partial charge is 0.494 e. The molecule has 10 heteroatoms. The molecule has 1 saturated carbocycles. The number of rotatable bonds is 8. The Morgan fingerprint density at radius 1 is 1.14 bits per heavy atom. The van der Waals surface area contributed by atoms with Crippen molar-refractivity contribution in [1.29, 1.82) is 0 Å². The number of hydrogen-bond acceptors (Lipinski definition) is 7. The van der Waals surface area contributed by atoms with Crippen molar-refractivity contribution < 1.29 is 18.7 Å². The van der Waals surface area contributed by atoms with Gasteiger partial charge in [-0.25, -0.2) is 14.4 Å². The van der Waals surface area contributed by atoms with E-state index in [1.54, 1.807) is 61.7 Å². The fraction of sp³-hybridized carbons (Fsp3) is 0.308. The first-order chi connectivity index (χ1) is 17.4. The second-order valence-electron chi connectivity index (χ2n) is 8.89. The van der Waals surface area contributed by atoms with Gasteiger partial charge in [-0.3, -0.25) is 9.48 Å². The highest BCUT2D eigenvalue weighted by Gasteiger charge is 2.29. The van der Waals surface area contributed by atoms with Crippen molar-refractivity contribution in [3.63, 3.8) is 0 Å². The molecule has 1 aliphatic rings. The maximum Gasteiger partial charge on any atom is 0.252 e. The smallest absolute Gasteiger partial charge is 0.252 e. The molecular weight excluding hydrogens is 463 g/mol. The first kappa shape index (κ1) is 23.7. The van der Waals surface area contributed by atoms with E-state index in [0.29, 0.717) is 22.6 Å². The number of ether oxygens (including phenoxy) is 2. The van der Waals surface area contributed by atoms with Gasteiger partial charge >= 0.3 is 0 Å². The summed E-state index contributed by atoms with van der Waals surface area (Å²) in [6.45, 7) is 0. The molecule has 2 aromatic heterocycles. The third-order valence-corrected chi connectivity index (χ3v) is 6.45. The molecule has 4 aromatic rings. The van der Waals surface area contributed by atoms with E-state index in [2.05, 4.69) is 25.7 Å². The van der Waals surface area contributed by atoms with Gasteiger partial charge in [0.1, 0.15) is 0 Å². The summed E-state index contributed by atoms with van der Waals surface area (Å²) in [6, 6.07) is 9.53. The van der Waals surface area contributed by atoms with Crippen molar-refractivity contribution in [1.82, 2.24) is 25.1 Å². The maximum absolute atomic E-state index is 14.5. The van der Waals surface area contributed by atoms with Crippen LogP contribution in [-0.4, -0.2) is 52.0 Å². The molecule has 1 unspecified atom stereocenters. The molecule has 0 bridgehead atoms. The second kappa shape index (κ2) is 9.90. The van der Waals surface area contributed by atoms with Gasteiger partial charge in [0.2, 0.25) is 5.95 Å². The average Bonchev–Trinajstić information content (AvgIpc) is 3.29. The lowest BCUT2D eigenvalue weighted by atomic mass is 9.89. The summed E-state index contributed by atoms with van der Waals surface area (Å²) in [5.41, 5.74) is 2.37. The Balaban J connectivity index is 1.39. The summed E-state index contributed by atoms with van der Waals surface area (Å²) in [4.78, 5) is 22.3. The highest BCUT2D eigenvalue weighted by atomic mass is 19.1. The van der Waals surface area contributed by atoms with E-state index in [9.17, 15) is 9.18 Å². The van der Waals surface area contributed by atoms with Crippen molar-refractivity contribution >= 4 is 22.8 Å². The van der Waals surface area contributed by atoms with Crippen molar-refractivity contribution in [3.05, 3.63) is 77.5 Å². The van der Waals surface area contributed by atoms with Crippen LogP contribution in [0, 0.1) is 5.82 Å². The quantitative estimate of drug-likeness (QED) is 0.389. The number of hydrogen-bond donors (Lipinski definition) is 2. The van der Waals surface area contributed by atoms with Crippen LogP contribution in [0.5, 0.6) is 5.75 Å². The molecule has 186 valence electrons. The summed E-state index contributed by atoms with van der Waals surface area (Å²) >= 11 is 0. The minimum atomic E-state index is -0.614. The van der Waals surface area contributed by atoms with Crippen LogP contribution < -0.4 is 15.4 Å². The zero-order chi connectivity index (χ0) is 25.2. The Labute approximate surface area is 207 Å². The molecule has 9 nitrogen and oxygen atoms in total. The minimum Gasteiger partial charge on any atom is -0.494 e. The molecule has 0 radical (unpaired) electrons. The fourth-order valence-corrected chi connectivity index (χ4v) is 4.32. The number of benzene rings is 2. The number of carbonyl (C=O) groups is 1. The van der Waals surface area contributed by atoms with Crippen LogP contribution >= 0.6 is 0 Å². The highest BCUT2D eigenvalue weighted by molar-refractivity contribution is 5.98. The van der Waals surface area contributed by atoms with Gasteiger partial charge < -0.3 is 20.1 Å². The van der Waals surface area contributed by atoms with E-state index in [-0.39, 0.29) is 23.8 Å². The highest BCUT2D eigenvalue weighted by Crippen LogP contribution is 2.28. The van der Waals surface area contributed by atoms with Crippen molar-refractivity contribution in [3.8, 4) is 5.75 Å². The standard InChI is InChI=1S/C26H27FN6O3/c1-33-14-18(13-29-33)24(15-6-7-23(36-3)21(27)8-15)32-25(34)16-4-5-17-12-28-26(31-22(17)9-16)30-19-10-20(11-19)35-2/h4-9,12-14,19-20,24H,10-11H2,1-3H3,(H,32,34)(H,28,30,31). The van der Waals surface area contributed by atoms with E-state index in [0.717, 1.165) is 23.8 Å². The average molecular weight is 491 g/mol. The first-order valence-electron chi connectivity index (χ1n) is 11.6. The van der Waals surface area contributed by atoms with Gasteiger partial charge in [0.15, 0.2) is 11.6 Å². The molecule has 1 aliphatic carbocycles. The number of fused-ring (bicyclic) bond motifs is 1. The lowest BCUT2D eigenvalue weighted by Gasteiger charge is -2.34. The van der Waals surface area contributed by atoms with Crippen LogP contribution in [0.15, 0.2) is 55.0 Å². The van der Waals surface area contributed by atoms with Crippen LogP contribution in [0.2, 0.25) is 0 Å². The molecule has 2 N–H and O–H groups in total. The minimum absolute atomic E-state index is 0.133. The Hall–Kier alpha value is -4.05. The van der Waals surface area contributed by atoms with Gasteiger partial charge in [-0.1, -0.05) is 12.1 Å². The Kier molecular flexibility index (Phi) is 6.51. The van der Waals surface area contributed by atoms with Gasteiger partial charge in [-0.05, 0) is 42.7 Å². The summed E-state index contributed by atoms with van der Waals surface area (Å²) < 4.78 is 26.5. The van der Waals surface area contributed by atoms with E-state index in [1.165, 1.54) is 13.2 Å². The number of anilines is 1. The monoisotopic (exact) mass is 490 g/mol. The van der Waals surface area contributed by atoms with Gasteiger partial charge in [-0.2, -0.15) is 5.10 Å². The molecule has 5 rings (SSSR count). The van der Waals surface area contributed by atoms with Gasteiger partial charge in [0.25, 0.3) is 5.91 Å². The molecule has 36 heavy (non-hydrogen) atoms. The van der Waals surface area contributed by atoms with Gasteiger partial charge in [0.05, 0.1) is 31.0 Å². The number of aryl methyl sites for hydroxylation is 1. The van der Waals surface area contributed by atoms with Crippen LogP contribution in [-0.2, 0) is 11.8 Å². The molecule has 0 aliphatic heterocycles. The van der Waals surface area contributed by atoms with Crippen LogP contribution in [0.4, 0.5) is 10.3 Å². The van der Waals surface area contributed by atoms with Gasteiger partial charge in [0, 0.05) is 49.1 Å². The predicted octanol–water partition coefficient (Wildman–Crippen LogP) is 3.62. The van der Waals surface area contributed by atoms with Gasteiger partial charge in [-0.15, -0.1) is 0 Å². The van der Waals surface area contributed by atoms with E-state index in [1.807, 2.05) is 6.07 Å². The number of methoxy groups -OCH3 is 2. The van der Waals surface area contributed by atoms with Crippen molar-refractivity contribution in [2.45, 2.75) is 31.0 Å². The first-order valence-corrected chi connectivity index (χ1v) is 11.6. The zero-order valence-electron chi connectivity index (χ0n) is 20.2. The van der Waals surface area contributed by atoms with E-state index < -0.39 is 11.9 Å². The lowest BCUT2D eigenvalue weighted by molar-refractivity contribution is 0.0327. The third-order valence-electron chi connectivity index (χ3n) is 6.45. The zero-order valence-corrected chi connectivity index (χ0v) is 20.2. The molecule has 0 saturated heterocycles. The molecule has 0 spiro atoms. The van der Waals surface area contributed by atoms with Crippen molar-refractivity contribution in [2.24, 2.45) is 7.05 Å². The summed E-state index contributed by atoms with van der Waals surface area (Å²) in [7, 11) is 4.90. The second-order valence-corrected chi connectivity index (χ2v) is 8.89. The van der Waals surface area contributed by atoms with E-state index in [4.69, 9.17) is 9.47 Å². The molecular formula is C26H27FN6O3. The summed E-state index contributed by atoms with van der Waals surface area (Å²) in [6.07, 6.45) is 7.24.